The van der Waals surface area contributed by atoms with Gasteiger partial charge in [0.2, 0.25) is 5.91 Å². The summed E-state index contributed by atoms with van der Waals surface area (Å²) in [6.07, 6.45) is 0. The van der Waals surface area contributed by atoms with Gasteiger partial charge in [-0.15, -0.1) is 22.7 Å². The second-order valence-electron chi connectivity index (χ2n) is 7.17. The molecule has 0 atom stereocenters. The minimum Gasteiger partial charge on any atom is -0.347 e. The quantitative estimate of drug-likeness (QED) is 0.417. The highest BCUT2D eigenvalue weighted by atomic mass is 32.1. The van der Waals surface area contributed by atoms with Crippen molar-refractivity contribution >= 4 is 50.4 Å². The van der Waals surface area contributed by atoms with Crippen LogP contribution in [0.5, 0.6) is 0 Å². The first kappa shape index (κ1) is 20.3. The number of thiazole rings is 1. The predicted molar refractivity (Wildman–Crippen MR) is 124 cm³/mol. The summed E-state index contributed by atoms with van der Waals surface area (Å²) in [5.41, 5.74) is 2.70. The SMILES string of the molecule is CC(C)C(=O)Nc1ccc(CNC(=O)c2ccc(-c3nc4ccccc4s3)s2)cc1. The molecular formula is C23H21N3O2S2. The topological polar surface area (TPSA) is 71.1 Å². The zero-order valence-corrected chi connectivity index (χ0v) is 18.3. The Labute approximate surface area is 182 Å². The maximum absolute atomic E-state index is 12.5. The summed E-state index contributed by atoms with van der Waals surface area (Å²) in [5.74, 6) is -0.190. The van der Waals surface area contributed by atoms with Crippen molar-refractivity contribution in [3.8, 4) is 9.88 Å². The highest BCUT2D eigenvalue weighted by Gasteiger charge is 2.13. The summed E-state index contributed by atoms with van der Waals surface area (Å²) < 4.78 is 1.14. The van der Waals surface area contributed by atoms with Gasteiger partial charge < -0.3 is 10.6 Å². The number of fused-ring (bicyclic) bond motifs is 1. The van der Waals surface area contributed by atoms with E-state index in [0.29, 0.717) is 11.4 Å². The van der Waals surface area contributed by atoms with Crippen molar-refractivity contribution in [3.05, 3.63) is 71.1 Å². The average molecular weight is 436 g/mol. The summed E-state index contributed by atoms with van der Waals surface area (Å²) in [5, 5.41) is 6.74. The predicted octanol–water partition coefficient (Wildman–Crippen LogP) is 5.55. The Morgan fingerprint density at radius 2 is 1.73 bits per heavy atom. The van der Waals surface area contributed by atoms with Gasteiger partial charge in [0.1, 0.15) is 5.01 Å². The number of thiophene rings is 1. The Morgan fingerprint density at radius 1 is 0.967 bits per heavy atom. The van der Waals surface area contributed by atoms with Crippen molar-refractivity contribution in [2.24, 2.45) is 5.92 Å². The lowest BCUT2D eigenvalue weighted by Crippen LogP contribution is -2.21. The first-order valence-electron chi connectivity index (χ1n) is 9.63. The van der Waals surface area contributed by atoms with Crippen LogP contribution in [0.15, 0.2) is 60.7 Å². The van der Waals surface area contributed by atoms with E-state index in [-0.39, 0.29) is 17.7 Å². The number of hydrogen-bond acceptors (Lipinski definition) is 5. The molecule has 2 amide bonds. The lowest BCUT2D eigenvalue weighted by atomic mass is 10.1. The fourth-order valence-electron chi connectivity index (χ4n) is 2.81. The van der Waals surface area contributed by atoms with Crippen LogP contribution in [-0.4, -0.2) is 16.8 Å². The first-order chi connectivity index (χ1) is 14.5. The number of benzene rings is 2. The molecule has 2 heterocycles. The summed E-state index contributed by atoms with van der Waals surface area (Å²) >= 11 is 3.08. The molecule has 0 aliphatic heterocycles. The van der Waals surface area contributed by atoms with E-state index >= 15 is 0 Å². The molecule has 7 heteroatoms. The van der Waals surface area contributed by atoms with E-state index in [4.69, 9.17) is 0 Å². The van der Waals surface area contributed by atoms with Gasteiger partial charge in [0.05, 0.1) is 20.0 Å². The van der Waals surface area contributed by atoms with Crippen LogP contribution in [0.3, 0.4) is 0 Å². The molecule has 0 aliphatic rings. The fraction of sp³-hybridized carbons (Fsp3) is 0.174. The van der Waals surface area contributed by atoms with E-state index in [1.54, 1.807) is 11.3 Å². The molecular weight excluding hydrogens is 414 g/mol. The summed E-state index contributed by atoms with van der Waals surface area (Å²) in [6.45, 7) is 4.13. The van der Waals surface area contributed by atoms with E-state index in [1.807, 2.05) is 68.4 Å². The zero-order valence-electron chi connectivity index (χ0n) is 16.6. The largest absolute Gasteiger partial charge is 0.347 e. The standard InChI is InChI=1S/C23H21N3O2S2/c1-14(2)21(27)25-16-9-7-15(8-10-16)13-24-22(28)19-11-12-20(29-19)23-26-17-5-3-4-6-18(17)30-23/h3-12,14H,13H2,1-2H3,(H,24,28)(H,25,27). The second kappa shape index (κ2) is 8.77. The number of anilines is 1. The van der Waals surface area contributed by atoms with Crippen LogP contribution in [0.2, 0.25) is 0 Å². The number of carbonyl (C=O) groups excluding carboxylic acids is 2. The van der Waals surface area contributed by atoms with E-state index in [0.717, 1.165) is 31.4 Å². The van der Waals surface area contributed by atoms with Crippen molar-refractivity contribution in [1.82, 2.24) is 10.3 Å². The molecule has 2 N–H and O–H groups in total. The highest BCUT2D eigenvalue weighted by molar-refractivity contribution is 7.26. The van der Waals surface area contributed by atoms with Crippen LogP contribution in [0.25, 0.3) is 20.1 Å². The number of aromatic nitrogens is 1. The van der Waals surface area contributed by atoms with Crippen molar-refractivity contribution in [2.45, 2.75) is 20.4 Å². The van der Waals surface area contributed by atoms with Gasteiger partial charge in [0.15, 0.2) is 0 Å². The molecule has 0 unspecified atom stereocenters. The van der Waals surface area contributed by atoms with E-state index in [2.05, 4.69) is 21.7 Å². The number of carbonyl (C=O) groups is 2. The number of para-hydroxylation sites is 1. The van der Waals surface area contributed by atoms with E-state index in [1.165, 1.54) is 11.3 Å². The molecule has 0 bridgehead atoms. The summed E-state index contributed by atoms with van der Waals surface area (Å²) in [4.78, 5) is 30.6. The second-order valence-corrected chi connectivity index (χ2v) is 9.29. The van der Waals surface area contributed by atoms with Gasteiger partial charge in [0.25, 0.3) is 5.91 Å². The van der Waals surface area contributed by atoms with Crippen molar-refractivity contribution in [1.29, 1.82) is 0 Å². The first-order valence-corrected chi connectivity index (χ1v) is 11.3. The molecule has 152 valence electrons. The fourth-order valence-corrected chi connectivity index (χ4v) is 4.76. The molecule has 4 aromatic rings. The van der Waals surface area contributed by atoms with Crippen LogP contribution < -0.4 is 10.6 Å². The van der Waals surface area contributed by atoms with Gasteiger partial charge in [-0.3, -0.25) is 9.59 Å². The number of amides is 2. The number of nitrogens with zero attached hydrogens (tertiary/aromatic N) is 1. The van der Waals surface area contributed by atoms with Crippen LogP contribution in [0, 0.1) is 5.92 Å². The normalized spacial score (nSPS) is 11.0. The maximum atomic E-state index is 12.5. The Kier molecular flexibility index (Phi) is 5.92. The molecule has 0 fully saturated rings. The molecule has 0 aliphatic carbocycles. The molecule has 0 radical (unpaired) electrons. The highest BCUT2D eigenvalue weighted by Crippen LogP contribution is 2.34. The van der Waals surface area contributed by atoms with Gasteiger partial charge in [-0.1, -0.05) is 38.1 Å². The van der Waals surface area contributed by atoms with Gasteiger partial charge >= 0.3 is 0 Å². The lowest BCUT2D eigenvalue weighted by molar-refractivity contribution is -0.118. The van der Waals surface area contributed by atoms with Crippen molar-refractivity contribution in [3.63, 3.8) is 0 Å². The van der Waals surface area contributed by atoms with E-state index < -0.39 is 0 Å². The summed E-state index contributed by atoms with van der Waals surface area (Å²) in [7, 11) is 0. The molecule has 2 aromatic carbocycles. The Hall–Kier alpha value is -3.03. The third kappa shape index (κ3) is 4.58. The Morgan fingerprint density at radius 3 is 2.47 bits per heavy atom. The Bertz CT molecular complexity index is 1160. The van der Waals surface area contributed by atoms with Gasteiger partial charge in [0, 0.05) is 18.2 Å². The number of nitrogens with one attached hydrogen (secondary N) is 2. The molecule has 0 saturated heterocycles. The number of rotatable bonds is 6. The third-order valence-electron chi connectivity index (χ3n) is 4.53. The molecule has 0 spiro atoms. The minimum absolute atomic E-state index is 0.0160. The van der Waals surface area contributed by atoms with Crippen molar-refractivity contribution in [2.75, 3.05) is 5.32 Å². The number of hydrogen-bond donors (Lipinski definition) is 2. The molecule has 5 nitrogen and oxygen atoms in total. The molecule has 30 heavy (non-hydrogen) atoms. The molecule has 2 aromatic heterocycles. The van der Waals surface area contributed by atoms with Crippen LogP contribution in [0.1, 0.15) is 29.1 Å². The third-order valence-corrected chi connectivity index (χ3v) is 6.82. The van der Waals surface area contributed by atoms with Crippen molar-refractivity contribution < 1.29 is 9.59 Å². The maximum Gasteiger partial charge on any atom is 0.261 e. The Balaban J connectivity index is 1.37. The van der Waals surface area contributed by atoms with Crippen LogP contribution in [-0.2, 0) is 11.3 Å². The van der Waals surface area contributed by atoms with Gasteiger partial charge in [-0.05, 0) is 42.0 Å². The molecule has 0 saturated carbocycles. The average Bonchev–Trinajstić information content (AvgIpc) is 3.40. The minimum atomic E-state index is -0.107. The zero-order chi connectivity index (χ0) is 21.1. The monoisotopic (exact) mass is 435 g/mol. The van der Waals surface area contributed by atoms with Crippen LogP contribution >= 0.6 is 22.7 Å². The van der Waals surface area contributed by atoms with Crippen LogP contribution in [0.4, 0.5) is 5.69 Å². The smallest absolute Gasteiger partial charge is 0.261 e. The molecule has 4 rings (SSSR count). The van der Waals surface area contributed by atoms with Gasteiger partial charge in [-0.2, -0.15) is 0 Å². The van der Waals surface area contributed by atoms with E-state index in [9.17, 15) is 9.59 Å². The van der Waals surface area contributed by atoms with Gasteiger partial charge in [-0.25, -0.2) is 4.98 Å². The lowest BCUT2D eigenvalue weighted by Gasteiger charge is -2.09. The summed E-state index contributed by atoms with van der Waals surface area (Å²) in [6, 6.07) is 19.3.